The fraction of sp³-hybridized carbons (Fsp3) is 0.214. The third-order valence-electron chi connectivity index (χ3n) is 3.15. The summed E-state index contributed by atoms with van der Waals surface area (Å²) >= 11 is 0. The second-order valence-corrected chi connectivity index (χ2v) is 4.55. The van der Waals surface area contributed by atoms with Crippen molar-refractivity contribution in [2.75, 3.05) is 17.6 Å². The maximum absolute atomic E-state index is 5.94. The quantitative estimate of drug-likeness (QED) is 0.545. The summed E-state index contributed by atoms with van der Waals surface area (Å²) in [6.45, 7) is 1.70. The first-order valence-corrected chi connectivity index (χ1v) is 6.56. The molecule has 0 saturated heterocycles. The predicted molar refractivity (Wildman–Crippen MR) is 79.3 cm³/mol. The normalized spacial score (nSPS) is 10.8. The van der Waals surface area contributed by atoms with Crippen LogP contribution in [0.4, 0.5) is 11.4 Å². The Balaban J connectivity index is 1.67. The molecule has 2 heterocycles. The third-order valence-corrected chi connectivity index (χ3v) is 3.15. The molecule has 1 aromatic carbocycles. The van der Waals surface area contributed by atoms with Gasteiger partial charge in [0, 0.05) is 36.6 Å². The highest BCUT2D eigenvalue weighted by atomic mass is 15.4. The smallest absolute Gasteiger partial charge is 0.0951 e. The molecule has 0 spiro atoms. The molecule has 102 valence electrons. The number of benzene rings is 1. The molecule has 0 amide bonds. The molecule has 20 heavy (non-hydrogen) atoms. The lowest BCUT2D eigenvalue weighted by molar-refractivity contribution is 0.570. The van der Waals surface area contributed by atoms with E-state index in [1.165, 1.54) is 0 Å². The van der Waals surface area contributed by atoms with Gasteiger partial charge in [-0.3, -0.25) is 9.67 Å². The Morgan fingerprint density at radius 1 is 1.20 bits per heavy atom. The first kappa shape index (κ1) is 12.4. The zero-order valence-electron chi connectivity index (χ0n) is 11.0. The van der Waals surface area contributed by atoms with Crippen LogP contribution in [-0.2, 0) is 6.54 Å². The molecule has 0 radical (unpaired) electrons. The molecule has 0 atom stereocenters. The van der Waals surface area contributed by atoms with Gasteiger partial charge in [-0.2, -0.15) is 0 Å². The van der Waals surface area contributed by atoms with E-state index in [4.69, 9.17) is 5.73 Å². The van der Waals surface area contributed by atoms with Gasteiger partial charge in [-0.25, -0.2) is 0 Å². The second-order valence-electron chi connectivity index (χ2n) is 4.55. The molecule has 3 N–H and O–H groups in total. The average Bonchev–Trinajstić information content (AvgIpc) is 2.99. The van der Waals surface area contributed by atoms with Crippen LogP contribution in [0.5, 0.6) is 0 Å². The Morgan fingerprint density at radius 3 is 3.00 bits per heavy atom. The van der Waals surface area contributed by atoms with E-state index in [0.29, 0.717) is 5.69 Å². The number of fused-ring (bicyclic) bond motifs is 1. The van der Waals surface area contributed by atoms with Gasteiger partial charge in [-0.1, -0.05) is 5.21 Å². The highest BCUT2D eigenvalue weighted by Gasteiger charge is 2.04. The van der Waals surface area contributed by atoms with E-state index in [0.717, 1.165) is 36.1 Å². The number of aromatic nitrogens is 4. The van der Waals surface area contributed by atoms with E-state index >= 15 is 0 Å². The first-order valence-electron chi connectivity index (χ1n) is 6.56. The molecule has 3 rings (SSSR count). The van der Waals surface area contributed by atoms with Crippen molar-refractivity contribution in [1.29, 1.82) is 0 Å². The summed E-state index contributed by atoms with van der Waals surface area (Å²) in [5.41, 5.74) is 8.54. The van der Waals surface area contributed by atoms with E-state index in [1.807, 2.05) is 35.1 Å². The summed E-state index contributed by atoms with van der Waals surface area (Å²) in [6, 6.07) is 7.82. The Morgan fingerprint density at radius 2 is 2.15 bits per heavy atom. The van der Waals surface area contributed by atoms with E-state index < -0.39 is 0 Å². The lowest BCUT2D eigenvalue weighted by Crippen LogP contribution is -2.07. The summed E-state index contributed by atoms with van der Waals surface area (Å²) in [6.07, 6.45) is 6.28. The molecule has 6 nitrogen and oxygen atoms in total. The van der Waals surface area contributed by atoms with Crippen molar-refractivity contribution in [3.63, 3.8) is 0 Å². The van der Waals surface area contributed by atoms with Gasteiger partial charge in [0.25, 0.3) is 0 Å². The maximum atomic E-state index is 5.94. The zero-order chi connectivity index (χ0) is 13.8. The minimum Gasteiger partial charge on any atom is -0.397 e. The monoisotopic (exact) mass is 268 g/mol. The highest BCUT2D eigenvalue weighted by molar-refractivity contribution is 5.98. The molecule has 0 fully saturated rings. The number of hydrogen-bond acceptors (Lipinski definition) is 5. The fourth-order valence-electron chi connectivity index (χ4n) is 2.16. The molecule has 0 unspecified atom stereocenters. The number of rotatable bonds is 5. The van der Waals surface area contributed by atoms with Crippen LogP contribution in [0.25, 0.3) is 10.9 Å². The molecular formula is C14H16N6. The molecule has 0 aliphatic carbocycles. The van der Waals surface area contributed by atoms with Gasteiger partial charge in [-0.05, 0) is 30.7 Å². The number of hydrogen-bond donors (Lipinski definition) is 2. The zero-order valence-corrected chi connectivity index (χ0v) is 11.0. The summed E-state index contributed by atoms with van der Waals surface area (Å²) in [5.74, 6) is 0. The Bertz CT molecular complexity index is 692. The second kappa shape index (κ2) is 5.56. The molecule has 2 aromatic heterocycles. The molecule has 0 aliphatic rings. The highest BCUT2D eigenvalue weighted by Crippen LogP contribution is 2.26. The van der Waals surface area contributed by atoms with Crippen molar-refractivity contribution in [1.82, 2.24) is 20.0 Å². The van der Waals surface area contributed by atoms with E-state index in [9.17, 15) is 0 Å². The van der Waals surface area contributed by atoms with Gasteiger partial charge in [0.15, 0.2) is 0 Å². The standard InChI is InChI=1S/C14H16N6/c15-12-4-5-13(11-3-1-6-17-14(11)12)16-7-2-9-20-10-8-18-19-20/h1,3-6,8,10,16H,2,7,9,15H2. The Labute approximate surface area is 116 Å². The van der Waals surface area contributed by atoms with Crippen LogP contribution >= 0.6 is 0 Å². The number of nitrogens with two attached hydrogens (primary N) is 1. The Kier molecular flexibility index (Phi) is 3.45. The van der Waals surface area contributed by atoms with Crippen molar-refractivity contribution in [3.8, 4) is 0 Å². The van der Waals surface area contributed by atoms with Crippen LogP contribution in [0.2, 0.25) is 0 Å². The van der Waals surface area contributed by atoms with Gasteiger partial charge in [0.05, 0.1) is 17.4 Å². The molecular weight excluding hydrogens is 252 g/mol. The first-order chi connectivity index (χ1) is 9.84. The molecule has 0 bridgehead atoms. The SMILES string of the molecule is Nc1ccc(NCCCn2ccnn2)c2cccnc12. The number of aryl methyl sites for hydroxylation is 1. The average molecular weight is 268 g/mol. The number of nitrogens with one attached hydrogen (secondary N) is 1. The van der Waals surface area contributed by atoms with Crippen molar-refractivity contribution in [2.45, 2.75) is 13.0 Å². The summed E-state index contributed by atoms with van der Waals surface area (Å²) in [5, 5.41) is 12.2. The summed E-state index contributed by atoms with van der Waals surface area (Å²) in [7, 11) is 0. The minimum atomic E-state index is 0.703. The number of nitrogens with zero attached hydrogens (tertiary/aromatic N) is 4. The van der Waals surface area contributed by atoms with Crippen LogP contribution in [-0.4, -0.2) is 26.5 Å². The minimum absolute atomic E-state index is 0.703. The van der Waals surface area contributed by atoms with Crippen LogP contribution in [0.1, 0.15) is 6.42 Å². The van der Waals surface area contributed by atoms with Crippen molar-refractivity contribution >= 4 is 22.3 Å². The van der Waals surface area contributed by atoms with Crippen LogP contribution in [0.15, 0.2) is 42.9 Å². The van der Waals surface area contributed by atoms with E-state index in [2.05, 4.69) is 20.6 Å². The fourth-order valence-corrected chi connectivity index (χ4v) is 2.16. The Hall–Kier alpha value is -2.63. The lowest BCUT2D eigenvalue weighted by atomic mass is 10.1. The lowest BCUT2D eigenvalue weighted by Gasteiger charge is -2.10. The third kappa shape index (κ3) is 2.54. The van der Waals surface area contributed by atoms with Gasteiger partial charge in [-0.15, -0.1) is 5.10 Å². The number of anilines is 2. The number of nitrogen functional groups attached to an aromatic ring is 1. The molecule has 0 aliphatic heterocycles. The van der Waals surface area contributed by atoms with Crippen LogP contribution in [0, 0.1) is 0 Å². The molecule has 0 saturated carbocycles. The van der Waals surface area contributed by atoms with Crippen molar-refractivity contribution in [2.24, 2.45) is 0 Å². The topological polar surface area (TPSA) is 81.6 Å². The van der Waals surface area contributed by atoms with Crippen LogP contribution < -0.4 is 11.1 Å². The maximum Gasteiger partial charge on any atom is 0.0951 e. The van der Waals surface area contributed by atoms with E-state index in [1.54, 1.807) is 12.4 Å². The van der Waals surface area contributed by atoms with Gasteiger partial charge < -0.3 is 11.1 Å². The van der Waals surface area contributed by atoms with Crippen molar-refractivity contribution < 1.29 is 0 Å². The van der Waals surface area contributed by atoms with Gasteiger partial charge >= 0.3 is 0 Å². The van der Waals surface area contributed by atoms with E-state index in [-0.39, 0.29) is 0 Å². The number of pyridine rings is 1. The molecule has 6 heteroatoms. The van der Waals surface area contributed by atoms with Gasteiger partial charge in [0.1, 0.15) is 0 Å². The summed E-state index contributed by atoms with van der Waals surface area (Å²) in [4.78, 5) is 4.32. The largest absolute Gasteiger partial charge is 0.397 e. The molecule has 3 aromatic rings. The van der Waals surface area contributed by atoms with Gasteiger partial charge in [0.2, 0.25) is 0 Å². The van der Waals surface area contributed by atoms with Crippen LogP contribution in [0.3, 0.4) is 0 Å². The predicted octanol–water partition coefficient (Wildman–Crippen LogP) is 1.91. The van der Waals surface area contributed by atoms with Crippen molar-refractivity contribution in [3.05, 3.63) is 42.9 Å². The summed E-state index contributed by atoms with van der Waals surface area (Å²) < 4.78 is 1.82.